The lowest BCUT2D eigenvalue weighted by Gasteiger charge is -2.35. The third kappa shape index (κ3) is 4.34. The van der Waals surface area contributed by atoms with E-state index in [4.69, 9.17) is 0 Å². The fourth-order valence-corrected chi connectivity index (χ4v) is 3.33. The minimum atomic E-state index is 0.692. The predicted molar refractivity (Wildman–Crippen MR) is 109 cm³/mol. The summed E-state index contributed by atoms with van der Waals surface area (Å²) in [7, 11) is 0. The van der Waals surface area contributed by atoms with Crippen molar-refractivity contribution in [2.24, 2.45) is 0 Å². The molecule has 6 nitrogen and oxygen atoms in total. The summed E-state index contributed by atoms with van der Waals surface area (Å²) in [5.74, 6) is 1.45. The molecule has 27 heavy (non-hydrogen) atoms. The molecule has 1 aromatic heterocycles. The minimum absolute atomic E-state index is 0.692. The zero-order valence-corrected chi connectivity index (χ0v) is 15.5. The number of hydrogen-bond donors (Lipinski definition) is 1. The lowest BCUT2D eigenvalue weighted by atomic mass is 10.1. The predicted octanol–water partition coefficient (Wildman–Crippen LogP) is 3.12. The molecule has 0 bridgehead atoms. The second-order valence-electron chi connectivity index (χ2n) is 6.79. The molecule has 1 aliphatic heterocycles. The molecule has 0 spiro atoms. The van der Waals surface area contributed by atoms with Crippen LogP contribution in [0.2, 0.25) is 0 Å². The zero-order valence-electron chi connectivity index (χ0n) is 15.5. The molecule has 0 saturated carbocycles. The van der Waals surface area contributed by atoms with Gasteiger partial charge in [-0.25, -0.2) is 0 Å². The van der Waals surface area contributed by atoms with Crippen LogP contribution in [0.15, 0.2) is 60.8 Å². The van der Waals surface area contributed by atoms with Crippen LogP contribution in [0.25, 0.3) is 0 Å². The van der Waals surface area contributed by atoms with Crippen LogP contribution in [0.3, 0.4) is 0 Å². The number of rotatable bonds is 5. The molecule has 0 radical (unpaired) electrons. The van der Waals surface area contributed by atoms with Gasteiger partial charge in [0.2, 0.25) is 5.95 Å². The summed E-state index contributed by atoms with van der Waals surface area (Å²) >= 11 is 0. The van der Waals surface area contributed by atoms with Gasteiger partial charge in [-0.2, -0.15) is 10.1 Å². The summed E-state index contributed by atoms with van der Waals surface area (Å²) in [6.45, 7) is 6.50. The van der Waals surface area contributed by atoms with Crippen molar-refractivity contribution < 1.29 is 0 Å². The van der Waals surface area contributed by atoms with Gasteiger partial charge in [0.1, 0.15) is 0 Å². The number of nitrogens with zero attached hydrogens (tertiary/aromatic N) is 5. The highest BCUT2D eigenvalue weighted by Crippen LogP contribution is 2.18. The van der Waals surface area contributed by atoms with Crippen LogP contribution >= 0.6 is 0 Å². The average Bonchev–Trinajstić information content (AvgIpc) is 2.73. The molecule has 1 saturated heterocycles. The molecule has 1 N–H and O–H groups in total. The van der Waals surface area contributed by atoms with E-state index in [0.29, 0.717) is 5.95 Å². The van der Waals surface area contributed by atoms with Crippen molar-refractivity contribution in [2.45, 2.75) is 13.5 Å². The Hall–Kier alpha value is -3.15. The molecule has 4 rings (SSSR count). The maximum atomic E-state index is 4.65. The number of hydrogen-bond acceptors (Lipinski definition) is 6. The first kappa shape index (κ1) is 17.3. The monoisotopic (exact) mass is 360 g/mol. The van der Waals surface area contributed by atoms with Crippen molar-refractivity contribution in [3.05, 3.63) is 71.9 Å². The molecule has 2 aromatic carbocycles. The van der Waals surface area contributed by atoms with Crippen LogP contribution in [0, 0.1) is 6.92 Å². The highest BCUT2D eigenvalue weighted by molar-refractivity contribution is 5.48. The first-order valence-electron chi connectivity index (χ1n) is 9.32. The molecule has 6 heteroatoms. The number of benzene rings is 2. The van der Waals surface area contributed by atoms with Gasteiger partial charge in [0.05, 0.1) is 6.20 Å². The molecule has 2 heterocycles. The molecule has 1 aliphatic rings. The van der Waals surface area contributed by atoms with Gasteiger partial charge in [-0.15, -0.1) is 5.10 Å². The second kappa shape index (κ2) is 8.03. The summed E-state index contributed by atoms with van der Waals surface area (Å²) in [5.41, 5.74) is 3.75. The Morgan fingerprint density at radius 1 is 0.926 bits per heavy atom. The first-order chi connectivity index (χ1) is 13.3. The highest BCUT2D eigenvalue weighted by Gasteiger charge is 2.19. The van der Waals surface area contributed by atoms with E-state index in [1.807, 2.05) is 0 Å². The van der Waals surface area contributed by atoms with Crippen molar-refractivity contribution in [3.8, 4) is 0 Å². The molecule has 0 unspecified atom stereocenters. The van der Waals surface area contributed by atoms with Crippen LogP contribution in [0.1, 0.15) is 11.1 Å². The Morgan fingerprint density at radius 2 is 1.70 bits per heavy atom. The van der Waals surface area contributed by atoms with Crippen LogP contribution in [-0.4, -0.2) is 41.4 Å². The van der Waals surface area contributed by atoms with Crippen LogP contribution in [0.5, 0.6) is 0 Å². The molecule has 0 amide bonds. The maximum Gasteiger partial charge on any atom is 0.247 e. The average molecular weight is 360 g/mol. The maximum absolute atomic E-state index is 4.65. The minimum Gasteiger partial charge on any atom is -0.368 e. The summed E-state index contributed by atoms with van der Waals surface area (Å²) in [4.78, 5) is 9.25. The van der Waals surface area contributed by atoms with E-state index in [2.05, 4.69) is 91.8 Å². The fraction of sp³-hybridized carbons (Fsp3) is 0.286. The standard InChI is InChI=1S/C21H24N6/c1-17-6-5-7-18(14-17)15-22-20-16-23-25-21(24-20)27-12-10-26(11-13-27)19-8-3-2-4-9-19/h2-9,14,16H,10-13,15H2,1H3,(H,22,24,25). The van der Waals surface area contributed by atoms with Crippen molar-refractivity contribution in [3.63, 3.8) is 0 Å². The number of anilines is 3. The number of nitrogens with one attached hydrogen (secondary N) is 1. The van der Waals surface area contributed by atoms with Gasteiger partial charge < -0.3 is 15.1 Å². The molecule has 138 valence electrons. The van der Waals surface area contributed by atoms with Crippen molar-refractivity contribution in [1.29, 1.82) is 0 Å². The molecular weight excluding hydrogens is 336 g/mol. The first-order valence-corrected chi connectivity index (χ1v) is 9.32. The summed E-state index contributed by atoms with van der Waals surface area (Å²) < 4.78 is 0. The van der Waals surface area contributed by atoms with Crippen LogP contribution < -0.4 is 15.1 Å². The zero-order chi connectivity index (χ0) is 18.5. The Kier molecular flexibility index (Phi) is 5.14. The third-order valence-corrected chi connectivity index (χ3v) is 4.79. The number of aromatic nitrogens is 3. The Balaban J connectivity index is 1.37. The summed E-state index contributed by atoms with van der Waals surface area (Å²) in [5, 5.41) is 11.7. The topological polar surface area (TPSA) is 57.2 Å². The number of para-hydroxylation sites is 1. The van der Waals surface area contributed by atoms with Gasteiger partial charge in [-0.1, -0.05) is 48.0 Å². The van der Waals surface area contributed by atoms with E-state index < -0.39 is 0 Å². The van der Waals surface area contributed by atoms with Gasteiger partial charge >= 0.3 is 0 Å². The molecular formula is C21H24N6. The number of piperazine rings is 1. The highest BCUT2D eigenvalue weighted by atomic mass is 15.4. The third-order valence-electron chi connectivity index (χ3n) is 4.79. The normalized spacial score (nSPS) is 14.3. The number of aryl methyl sites for hydroxylation is 1. The van der Waals surface area contributed by atoms with Crippen LogP contribution in [0.4, 0.5) is 17.5 Å². The van der Waals surface area contributed by atoms with E-state index in [0.717, 1.165) is 38.5 Å². The second-order valence-corrected chi connectivity index (χ2v) is 6.79. The van der Waals surface area contributed by atoms with Crippen molar-refractivity contribution >= 4 is 17.5 Å². The SMILES string of the molecule is Cc1cccc(CNc2cnnc(N3CCN(c4ccccc4)CC3)n2)c1. The lowest BCUT2D eigenvalue weighted by Crippen LogP contribution is -2.47. The van der Waals surface area contributed by atoms with Gasteiger partial charge in [-0.3, -0.25) is 0 Å². The molecule has 0 atom stereocenters. The van der Waals surface area contributed by atoms with Gasteiger partial charge in [0.25, 0.3) is 0 Å². The van der Waals surface area contributed by atoms with E-state index in [1.165, 1.54) is 16.8 Å². The van der Waals surface area contributed by atoms with E-state index in [9.17, 15) is 0 Å². The fourth-order valence-electron chi connectivity index (χ4n) is 3.33. The largest absolute Gasteiger partial charge is 0.368 e. The van der Waals surface area contributed by atoms with Gasteiger partial charge in [-0.05, 0) is 24.6 Å². The Labute approximate surface area is 159 Å². The van der Waals surface area contributed by atoms with Crippen molar-refractivity contribution in [1.82, 2.24) is 15.2 Å². The van der Waals surface area contributed by atoms with Gasteiger partial charge in [0.15, 0.2) is 5.82 Å². The molecule has 1 fully saturated rings. The van der Waals surface area contributed by atoms with Gasteiger partial charge in [0, 0.05) is 38.4 Å². The van der Waals surface area contributed by atoms with Crippen LogP contribution in [-0.2, 0) is 6.54 Å². The Bertz CT molecular complexity index is 875. The van der Waals surface area contributed by atoms with E-state index in [-0.39, 0.29) is 0 Å². The molecule has 3 aromatic rings. The quantitative estimate of drug-likeness (QED) is 0.754. The summed E-state index contributed by atoms with van der Waals surface area (Å²) in [6, 6.07) is 19.0. The molecule has 0 aliphatic carbocycles. The smallest absolute Gasteiger partial charge is 0.247 e. The van der Waals surface area contributed by atoms with Crippen molar-refractivity contribution in [2.75, 3.05) is 41.3 Å². The Morgan fingerprint density at radius 3 is 2.48 bits per heavy atom. The lowest BCUT2D eigenvalue weighted by molar-refractivity contribution is 0.635. The summed E-state index contributed by atoms with van der Waals surface area (Å²) in [6.07, 6.45) is 1.68. The van der Waals surface area contributed by atoms with E-state index >= 15 is 0 Å². The van der Waals surface area contributed by atoms with E-state index in [1.54, 1.807) is 6.20 Å².